The van der Waals surface area contributed by atoms with Gasteiger partial charge >= 0.3 is 20.1 Å². The van der Waals surface area contributed by atoms with Gasteiger partial charge < -0.3 is 14.8 Å². The van der Waals surface area contributed by atoms with Crippen molar-refractivity contribution in [2.75, 3.05) is 27.1 Å². The second-order valence-electron chi connectivity index (χ2n) is 6.35. The Labute approximate surface area is 153 Å². The minimum Gasteiger partial charge on any atom is -0.469 e. The summed E-state index contributed by atoms with van der Waals surface area (Å²) in [7, 11) is -2.56. The Morgan fingerprint density at radius 2 is 1.96 bits per heavy atom. The van der Waals surface area contributed by atoms with Crippen molar-refractivity contribution in [1.29, 1.82) is 0 Å². The van der Waals surface area contributed by atoms with Crippen molar-refractivity contribution in [2.24, 2.45) is 5.41 Å². The highest BCUT2D eigenvalue weighted by Gasteiger charge is 2.59. The number of carbonyl (C=O) groups is 3. The Kier molecular flexibility index (Phi) is 8.85. The second-order valence-corrected chi connectivity index (χ2v) is 8.01. The van der Waals surface area contributed by atoms with Gasteiger partial charge in [0, 0.05) is 18.4 Å². The van der Waals surface area contributed by atoms with Gasteiger partial charge in [-0.15, -0.1) is 9.05 Å². The molecule has 1 heterocycles. The number of esters is 2. The van der Waals surface area contributed by atoms with Crippen LogP contribution in [0.4, 0.5) is 0 Å². The number of nitrogens with one attached hydrogen (secondary N) is 1. The molecular formula is C15H27NO9P+. The molecule has 0 radical (unpaired) electrons. The van der Waals surface area contributed by atoms with Crippen LogP contribution in [-0.2, 0) is 37.4 Å². The first-order valence-electron chi connectivity index (χ1n) is 8.23. The highest BCUT2D eigenvalue weighted by atomic mass is 31.2. The third kappa shape index (κ3) is 7.13. The van der Waals surface area contributed by atoms with Crippen molar-refractivity contribution in [3.05, 3.63) is 0 Å². The van der Waals surface area contributed by atoms with Crippen LogP contribution in [0.1, 0.15) is 40.0 Å². The Balaban J connectivity index is 2.59. The molecule has 0 aliphatic carbocycles. The largest absolute Gasteiger partial charge is 0.576 e. The standard InChI is InChI=1S/C15H26NO9P/c1-5-6-12(18)22-10-24-26(20)23-9-15(2,3)13(25-26)14(19)16-8-7-11(17)21-4/h13,20H,5-10H2,1-4H3/p+1/t13-,26?/m0/s1. The maximum Gasteiger partial charge on any atom is 0.576 e. The molecule has 150 valence electrons. The van der Waals surface area contributed by atoms with E-state index in [9.17, 15) is 19.3 Å². The fourth-order valence-electron chi connectivity index (χ4n) is 2.02. The lowest BCUT2D eigenvalue weighted by Crippen LogP contribution is -2.50. The minimum absolute atomic E-state index is 0.00469. The zero-order valence-corrected chi connectivity index (χ0v) is 16.4. The molecule has 11 heteroatoms. The van der Waals surface area contributed by atoms with Crippen molar-refractivity contribution in [3.8, 4) is 0 Å². The van der Waals surface area contributed by atoms with Crippen LogP contribution in [0.2, 0.25) is 0 Å². The molecule has 10 nitrogen and oxygen atoms in total. The van der Waals surface area contributed by atoms with Crippen molar-refractivity contribution >= 4 is 26.0 Å². The van der Waals surface area contributed by atoms with Gasteiger partial charge in [0.25, 0.3) is 5.91 Å². The number of hydrogen-bond acceptors (Lipinski definition) is 9. The molecule has 0 bridgehead atoms. The molecule has 0 aromatic carbocycles. The maximum absolute atomic E-state index is 12.4. The molecule has 1 aliphatic rings. The zero-order chi connectivity index (χ0) is 19.8. The zero-order valence-electron chi connectivity index (χ0n) is 15.5. The summed E-state index contributed by atoms with van der Waals surface area (Å²) in [5.41, 5.74) is -0.746. The van der Waals surface area contributed by atoms with Gasteiger partial charge in [-0.25, -0.2) is 0 Å². The van der Waals surface area contributed by atoms with Crippen LogP contribution in [-0.4, -0.2) is 55.9 Å². The highest BCUT2D eigenvalue weighted by molar-refractivity contribution is 7.55. The van der Waals surface area contributed by atoms with Crippen LogP contribution in [0.15, 0.2) is 0 Å². The smallest absolute Gasteiger partial charge is 0.469 e. The van der Waals surface area contributed by atoms with E-state index in [-0.39, 0.29) is 26.0 Å². The van der Waals surface area contributed by atoms with Crippen LogP contribution in [0.25, 0.3) is 0 Å². The quantitative estimate of drug-likeness (QED) is 0.334. The number of rotatable bonds is 9. The molecule has 2 N–H and O–H groups in total. The van der Waals surface area contributed by atoms with Crippen LogP contribution < -0.4 is 5.32 Å². The van der Waals surface area contributed by atoms with Gasteiger partial charge in [-0.1, -0.05) is 20.8 Å². The molecule has 0 saturated carbocycles. The molecule has 1 rings (SSSR count). The first-order valence-corrected chi connectivity index (χ1v) is 9.72. The monoisotopic (exact) mass is 396 g/mol. The Bertz CT molecular complexity index is 513. The van der Waals surface area contributed by atoms with E-state index >= 15 is 0 Å². The van der Waals surface area contributed by atoms with Crippen molar-refractivity contribution in [1.82, 2.24) is 5.32 Å². The predicted octanol–water partition coefficient (Wildman–Crippen LogP) is 1.09. The third-order valence-corrected chi connectivity index (χ3v) is 4.90. The number of methoxy groups -OCH3 is 1. The van der Waals surface area contributed by atoms with E-state index in [1.807, 2.05) is 6.92 Å². The van der Waals surface area contributed by atoms with E-state index < -0.39 is 44.3 Å². The van der Waals surface area contributed by atoms with E-state index in [4.69, 9.17) is 18.3 Å². The third-order valence-electron chi connectivity index (χ3n) is 3.53. The van der Waals surface area contributed by atoms with E-state index in [2.05, 4.69) is 10.1 Å². The topological polar surface area (TPSA) is 130 Å². The molecule has 0 aromatic heterocycles. The van der Waals surface area contributed by atoms with E-state index in [0.717, 1.165) is 0 Å². The number of ether oxygens (including phenoxy) is 2. The Morgan fingerprint density at radius 1 is 1.27 bits per heavy atom. The van der Waals surface area contributed by atoms with Crippen LogP contribution in [0, 0.1) is 5.41 Å². The lowest BCUT2D eigenvalue weighted by molar-refractivity contribution is -0.158. The molecule has 2 atom stereocenters. The summed E-state index contributed by atoms with van der Waals surface area (Å²) < 4.78 is 25.0. The van der Waals surface area contributed by atoms with Crippen molar-refractivity contribution in [3.63, 3.8) is 0 Å². The fourth-order valence-corrected chi connectivity index (χ4v) is 3.54. The number of hydrogen-bond donors (Lipinski definition) is 2. The number of amides is 1. The molecule has 1 unspecified atom stereocenters. The molecular weight excluding hydrogens is 369 g/mol. The highest BCUT2D eigenvalue weighted by Crippen LogP contribution is 2.63. The summed E-state index contributed by atoms with van der Waals surface area (Å²) in [4.78, 5) is 45.1. The van der Waals surface area contributed by atoms with Gasteiger partial charge in [0.1, 0.15) is 6.61 Å². The lowest BCUT2D eigenvalue weighted by atomic mass is 9.87. The van der Waals surface area contributed by atoms with E-state index in [1.54, 1.807) is 13.8 Å². The summed E-state index contributed by atoms with van der Waals surface area (Å²) in [6, 6.07) is 0. The predicted molar refractivity (Wildman–Crippen MR) is 90.3 cm³/mol. The maximum atomic E-state index is 12.4. The Morgan fingerprint density at radius 3 is 2.58 bits per heavy atom. The molecule has 0 aromatic rings. The normalized spacial score (nSPS) is 24.6. The fraction of sp³-hybridized carbons (Fsp3) is 0.800. The van der Waals surface area contributed by atoms with Crippen LogP contribution in [0.3, 0.4) is 0 Å². The van der Waals surface area contributed by atoms with Gasteiger partial charge in [0.15, 0.2) is 6.10 Å². The molecule has 26 heavy (non-hydrogen) atoms. The first-order chi connectivity index (χ1) is 12.1. The molecule has 0 spiro atoms. The lowest BCUT2D eigenvalue weighted by Gasteiger charge is -2.36. The Hall–Kier alpha value is -1.32. The van der Waals surface area contributed by atoms with Crippen LogP contribution >= 0.6 is 8.17 Å². The molecule has 1 fully saturated rings. The number of carbonyl (C=O) groups excluding carboxylic acids is 3. The summed E-state index contributed by atoms with van der Waals surface area (Å²) in [5, 5.41) is 2.55. The van der Waals surface area contributed by atoms with Gasteiger partial charge in [-0.2, -0.15) is 9.42 Å². The second kappa shape index (κ2) is 10.1. The summed E-state index contributed by atoms with van der Waals surface area (Å²) in [5.74, 6) is -1.46. The molecule has 1 aliphatic heterocycles. The van der Waals surface area contributed by atoms with Crippen molar-refractivity contribution in [2.45, 2.75) is 46.1 Å². The summed E-state index contributed by atoms with van der Waals surface area (Å²) >= 11 is 0. The molecule has 1 amide bonds. The van der Waals surface area contributed by atoms with Gasteiger partial charge in [0.05, 0.1) is 13.5 Å². The van der Waals surface area contributed by atoms with Crippen molar-refractivity contribution < 1.29 is 42.3 Å². The first kappa shape index (κ1) is 22.7. The van der Waals surface area contributed by atoms with Gasteiger partial charge in [-0.3, -0.25) is 14.4 Å². The van der Waals surface area contributed by atoms with E-state index in [0.29, 0.717) is 6.42 Å². The summed E-state index contributed by atoms with van der Waals surface area (Å²) in [6.45, 7) is 4.79. The molecule has 1 saturated heterocycles. The van der Waals surface area contributed by atoms with Gasteiger partial charge in [-0.05, 0) is 6.42 Å². The average molecular weight is 396 g/mol. The van der Waals surface area contributed by atoms with Crippen LogP contribution in [0.5, 0.6) is 0 Å². The SMILES string of the molecule is CCCC(=O)OCO[P+]1(O)OCC(C)(C)[C@H](C(=O)NCCC(=O)OC)O1. The average Bonchev–Trinajstić information content (AvgIpc) is 2.57. The minimum atomic E-state index is -3.82. The van der Waals surface area contributed by atoms with E-state index in [1.165, 1.54) is 7.11 Å². The summed E-state index contributed by atoms with van der Waals surface area (Å²) in [6.07, 6.45) is -0.221. The van der Waals surface area contributed by atoms with Gasteiger partial charge in [0.2, 0.25) is 6.79 Å².